The number of aliphatic hydroxyl groups is 1. The Morgan fingerprint density at radius 1 is 1.63 bits per heavy atom. The summed E-state index contributed by atoms with van der Waals surface area (Å²) in [5.41, 5.74) is 1.69. The van der Waals surface area contributed by atoms with Gasteiger partial charge in [0.2, 0.25) is 0 Å². The Labute approximate surface area is 112 Å². The molecule has 1 fully saturated rings. The lowest BCUT2D eigenvalue weighted by atomic mass is 9.80. The zero-order valence-electron chi connectivity index (χ0n) is 11.0. The molecule has 1 saturated heterocycles. The van der Waals surface area contributed by atoms with Gasteiger partial charge in [-0.05, 0) is 18.4 Å². The van der Waals surface area contributed by atoms with E-state index in [1.165, 1.54) is 7.11 Å². The van der Waals surface area contributed by atoms with Gasteiger partial charge in [0.05, 0.1) is 25.9 Å². The van der Waals surface area contributed by atoms with E-state index in [4.69, 9.17) is 9.47 Å². The molecule has 5 heteroatoms. The van der Waals surface area contributed by atoms with Gasteiger partial charge in [-0.1, -0.05) is 6.08 Å². The van der Waals surface area contributed by atoms with Crippen molar-refractivity contribution in [1.29, 1.82) is 0 Å². The SMILES string of the molecule is COC(=O)C1=CN2CCCOC2C2C(CO)=CCC12. The predicted octanol–water partition coefficient (Wildman–Crippen LogP) is 0.660. The molecule has 1 N–H and O–H groups in total. The van der Waals surface area contributed by atoms with E-state index in [-0.39, 0.29) is 30.6 Å². The fourth-order valence-corrected chi connectivity index (χ4v) is 3.41. The van der Waals surface area contributed by atoms with Gasteiger partial charge in [-0.2, -0.15) is 0 Å². The zero-order chi connectivity index (χ0) is 13.4. The van der Waals surface area contributed by atoms with Gasteiger partial charge in [-0.3, -0.25) is 0 Å². The highest BCUT2D eigenvalue weighted by atomic mass is 16.5. The molecule has 5 nitrogen and oxygen atoms in total. The number of methoxy groups -OCH3 is 1. The molecule has 0 aromatic carbocycles. The Bertz CT molecular complexity index is 443. The molecule has 2 aliphatic heterocycles. The van der Waals surface area contributed by atoms with Crippen LogP contribution in [-0.2, 0) is 14.3 Å². The zero-order valence-corrected chi connectivity index (χ0v) is 11.0. The van der Waals surface area contributed by atoms with E-state index in [1.807, 2.05) is 12.3 Å². The van der Waals surface area contributed by atoms with E-state index < -0.39 is 0 Å². The fraction of sp³-hybridized carbons (Fsp3) is 0.643. The number of fused-ring (bicyclic) bond motifs is 3. The highest BCUT2D eigenvalue weighted by molar-refractivity contribution is 5.89. The van der Waals surface area contributed by atoms with Crippen LogP contribution >= 0.6 is 0 Å². The number of carbonyl (C=O) groups is 1. The summed E-state index contributed by atoms with van der Waals surface area (Å²) < 4.78 is 10.8. The highest BCUT2D eigenvalue weighted by Gasteiger charge is 2.46. The first kappa shape index (κ1) is 12.7. The molecular formula is C14H19NO4. The van der Waals surface area contributed by atoms with Crippen LogP contribution in [0.3, 0.4) is 0 Å². The second kappa shape index (κ2) is 4.98. The van der Waals surface area contributed by atoms with E-state index in [9.17, 15) is 9.90 Å². The summed E-state index contributed by atoms with van der Waals surface area (Å²) in [5, 5.41) is 9.50. The first-order valence-corrected chi connectivity index (χ1v) is 6.73. The second-order valence-corrected chi connectivity index (χ2v) is 5.23. The molecular weight excluding hydrogens is 246 g/mol. The Morgan fingerprint density at radius 2 is 2.47 bits per heavy atom. The molecule has 1 aliphatic carbocycles. The molecule has 19 heavy (non-hydrogen) atoms. The van der Waals surface area contributed by atoms with Crippen LogP contribution in [0.15, 0.2) is 23.4 Å². The number of carbonyl (C=O) groups excluding carboxylic acids is 1. The van der Waals surface area contributed by atoms with Crippen molar-refractivity contribution in [3.8, 4) is 0 Å². The summed E-state index contributed by atoms with van der Waals surface area (Å²) >= 11 is 0. The molecule has 104 valence electrons. The maximum Gasteiger partial charge on any atom is 0.335 e. The maximum atomic E-state index is 11.9. The number of esters is 1. The van der Waals surface area contributed by atoms with Crippen LogP contribution in [0, 0.1) is 11.8 Å². The molecule has 3 rings (SSSR count). The average Bonchev–Trinajstić information content (AvgIpc) is 2.89. The normalized spacial score (nSPS) is 33.2. The Hall–Kier alpha value is -1.33. The molecule has 2 heterocycles. The van der Waals surface area contributed by atoms with Gasteiger partial charge >= 0.3 is 5.97 Å². The lowest BCUT2D eigenvalue weighted by Gasteiger charge is -2.45. The van der Waals surface area contributed by atoms with Gasteiger partial charge in [0.25, 0.3) is 0 Å². The molecule has 0 aromatic rings. The summed E-state index contributed by atoms with van der Waals surface area (Å²) in [6, 6.07) is 0. The molecule has 0 radical (unpaired) electrons. The molecule has 0 spiro atoms. The lowest BCUT2D eigenvalue weighted by Crippen LogP contribution is -2.50. The van der Waals surface area contributed by atoms with Gasteiger partial charge < -0.3 is 19.5 Å². The van der Waals surface area contributed by atoms with Crippen molar-refractivity contribution < 1.29 is 19.4 Å². The lowest BCUT2D eigenvalue weighted by molar-refractivity contribution is -0.141. The topological polar surface area (TPSA) is 59.0 Å². The van der Waals surface area contributed by atoms with E-state index >= 15 is 0 Å². The predicted molar refractivity (Wildman–Crippen MR) is 67.9 cm³/mol. The van der Waals surface area contributed by atoms with Gasteiger partial charge in [0.15, 0.2) is 0 Å². The Balaban J connectivity index is 1.96. The number of rotatable bonds is 2. The molecule has 3 atom stereocenters. The minimum absolute atomic E-state index is 0.0311. The summed E-state index contributed by atoms with van der Waals surface area (Å²) in [5.74, 6) is -0.120. The third-order valence-corrected chi connectivity index (χ3v) is 4.29. The monoisotopic (exact) mass is 265 g/mol. The molecule has 0 bridgehead atoms. The van der Waals surface area contributed by atoms with E-state index in [2.05, 4.69) is 4.90 Å². The molecule has 0 saturated carbocycles. The number of hydrogen-bond donors (Lipinski definition) is 1. The smallest absolute Gasteiger partial charge is 0.335 e. The Kier molecular flexibility index (Phi) is 3.33. The number of allylic oxidation sites excluding steroid dienone is 1. The summed E-state index contributed by atoms with van der Waals surface area (Å²) in [7, 11) is 1.41. The molecule has 0 amide bonds. The summed E-state index contributed by atoms with van der Waals surface area (Å²) in [6.07, 6.45) is 5.61. The summed E-state index contributed by atoms with van der Waals surface area (Å²) in [4.78, 5) is 14.0. The Morgan fingerprint density at radius 3 is 3.21 bits per heavy atom. The van der Waals surface area contributed by atoms with Crippen molar-refractivity contribution in [1.82, 2.24) is 4.90 Å². The van der Waals surface area contributed by atoms with Crippen molar-refractivity contribution in [3.63, 3.8) is 0 Å². The number of nitrogens with zero attached hydrogens (tertiary/aromatic N) is 1. The van der Waals surface area contributed by atoms with Gasteiger partial charge in [0.1, 0.15) is 6.23 Å². The van der Waals surface area contributed by atoms with Crippen molar-refractivity contribution in [2.24, 2.45) is 11.8 Å². The van der Waals surface area contributed by atoms with Gasteiger partial charge in [0, 0.05) is 24.6 Å². The van der Waals surface area contributed by atoms with Gasteiger partial charge in [-0.15, -0.1) is 0 Å². The standard InChI is InChI=1S/C14H19NO4/c1-18-14(17)11-7-15-5-2-6-19-13(15)12-9(8-16)3-4-10(11)12/h3,7,10,12-13,16H,2,4-6,8H2,1H3. The molecule has 3 aliphatic rings. The number of aliphatic hydroxyl groups excluding tert-OH is 1. The minimum Gasteiger partial charge on any atom is -0.466 e. The fourth-order valence-electron chi connectivity index (χ4n) is 3.41. The van der Waals surface area contributed by atoms with E-state index in [0.717, 1.165) is 31.6 Å². The average molecular weight is 265 g/mol. The van der Waals surface area contributed by atoms with E-state index in [1.54, 1.807) is 0 Å². The van der Waals surface area contributed by atoms with Crippen LogP contribution in [-0.4, -0.2) is 49.1 Å². The maximum absolute atomic E-state index is 11.9. The molecule has 0 aromatic heterocycles. The van der Waals surface area contributed by atoms with Crippen LogP contribution in [0.5, 0.6) is 0 Å². The minimum atomic E-state index is -0.272. The number of ether oxygens (including phenoxy) is 2. The third-order valence-electron chi connectivity index (χ3n) is 4.29. The quantitative estimate of drug-likeness (QED) is 0.587. The summed E-state index contributed by atoms with van der Waals surface area (Å²) in [6.45, 7) is 1.65. The van der Waals surface area contributed by atoms with Crippen LogP contribution in [0.4, 0.5) is 0 Å². The largest absolute Gasteiger partial charge is 0.466 e. The second-order valence-electron chi connectivity index (χ2n) is 5.23. The van der Waals surface area contributed by atoms with Crippen molar-refractivity contribution in [2.75, 3.05) is 26.9 Å². The highest BCUT2D eigenvalue weighted by Crippen LogP contribution is 2.45. The van der Waals surface area contributed by atoms with Crippen LogP contribution in [0.1, 0.15) is 12.8 Å². The first-order valence-electron chi connectivity index (χ1n) is 6.73. The van der Waals surface area contributed by atoms with Crippen LogP contribution in [0.25, 0.3) is 0 Å². The third kappa shape index (κ3) is 1.97. The van der Waals surface area contributed by atoms with Crippen LogP contribution in [0.2, 0.25) is 0 Å². The van der Waals surface area contributed by atoms with Crippen LogP contribution < -0.4 is 0 Å². The first-order chi connectivity index (χ1) is 9.26. The van der Waals surface area contributed by atoms with E-state index in [0.29, 0.717) is 5.57 Å². The molecule has 3 unspecified atom stereocenters. The number of hydrogen-bond acceptors (Lipinski definition) is 5. The van der Waals surface area contributed by atoms with Crippen molar-refractivity contribution >= 4 is 5.97 Å². The van der Waals surface area contributed by atoms with Crippen molar-refractivity contribution in [2.45, 2.75) is 19.1 Å². The van der Waals surface area contributed by atoms with Crippen molar-refractivity contribution in [3.05, 3.63) is 23.4 Å². The van der Waals surface area contributed by atoms with Gasteiger partial charge in [-0.25, -0.2) is 4.79 Å².